The third-order valence-corrected chi connectivity index (χ3v) is 2.99. The predicted octanol–water partition coefficient (Wildman–Crippen LogP) is 2.39. The summed E-state index contributed by atoms with van der Waals surface area (Å²) in [6.07, 6.45) is 1.62. The Morgan fingerprint density at radius 3 is 2.47 bits per heavy atom. The lowest BCUT2D eigenvalue weighted by molar-refractivity contribution is -0.123. The highest BCUT2D eigenvalue weighted by Gasteiger charge is 2.15. The van der Waals surface area contributed by atoms with Crippen LogP contribution >= 0.6 is 0 Å². The number of nitrogens with two attached hydrogens (primary N) is 1. The van der Waals surface area contributed by atoms with Crippen molar-refractivity contribution in [2.45, 2.75) is 45.7 Å². The van der Waals surface area contributed by atoms with E-state index in [1.807, 2.05) is 45.0 Å². The van der Waals surface area contributed by atoms with Gasteiger partial charge in [0, 0.05) is 0 Å². The van der Waals surface area contributed by atoms with Gasteiger partial charge in [-0.25, -0.2) is 0 Å². The molecular weight excluding hydrogens is 240 g/mol. The average molecular weight is 264 g/mol. The maximum atomic E-state index is 11.8. The maximum Gasteiger partial charge on any atom is 0.237 e. The van der Waals surface area contributed by atoms with Gasteiger partial charge in [0.25, 0.3) is 0 Å². The highest BCUT2D eigenvalue weighted by molar-refractivity contribution is 5.81. The Morgan fingerprint density at radius 1 is 1.32 bits per heavy atom. The molecule has 0 aliphatic heterocycles. The zero-order chi connectivity index (χ0) is 14.3. The topological polar surface area (TPSA) is 64.4 Å². The van der Waals surface area contributed by atoms with Crippen molar-refractivity contribution in [1.82, 2.24) is 5.32 Å². The van der Waals surface area contributed by atoms with Crippen molar-refractivity contribution >= 4 is 5.91 Å². The van der Waals surface area contributed by atoms with Gasteiger partial charge in [0.2, 0.25) is 5.91 Å². The molecule has 0 saturated heterocycles. The second-order valence-electron chi connectivity index (χ2n) is 4.63. The first-order valence-corrected chi connectivity index (χ1v) is 6.87. The number of hydrogen-bond acceptors (Lipinski definition) is 3. The molecule has 1 rings (SSSR count). The molecule has 1 aromatic carbocycles. The first kappa shape index (κ1) is 15.5. The van der Waals surface area contributed by atoms with Crippen molar-refractivity contribution in [1.29, 1.82) is 0 Å². The molecule has 0 bridgehead atoms. The summed E-state index contributed by atoms with van der Waals surface area (Å²) in [6.45, 7) is 6.57. The minimum absolute atomic E-state index is 0.0499. The number of hydrogen-bond donors (Lipinski definition) is 2. The summed E-state index contributed by atoms with van der Waals surface area (Å²) in [6, 6.07) is 7.27. The number of amides is 1. The fourth-order valence-corrected chi connectivity index (χ4v) is 1.87. The van der Waals surface area contributed by atoms with Crippen molar-refractivity contribution in [3.05, 3.63) is 29.8 Å². The average Bonchev–Trinajstić information content (AvgIpc) is 2.40. The fraction of sp³-hybridized carbons (Fsp3) is 0.533. The molecule has 0 spiro atoms. The van der Waals surface area contributed by atoms with E-state index in [1.165, 1.54) is 0 Å². The summed E-state index contributed by atoms with van der Waals surface area (Å²) in [5, 5.41) is 2.93. The molecule has 0 heterocycles. The van der Waals surface area contributed by atoms with Crippen LogP contribution in [0.2, 0.25) is 0 Å². The zero-order valence-corrected chi connectivity index (χ0v) is 12.0. The number of carbonyl (C=O) groups is 1. The fourth-order valence-electron chi connectivity index (χ4n) is 1.87. The second kappa shape index (κ2) is 7.79. The number of carbonyl (C=O) groups excluding carboxylic acids is 1. The van der Waals surface area contributed by atoms with Crippen molar-refractivity contribution < 1.29 is 9.53 Å². The first-order valence-electron chi connectivity index (χ1n) is 6.87. The quantitative estimate of drug-likeness (QED) is 0.794. The minimum Gasteiger partial charge on any atom is -0.494 e. The molecule has 1 unspecified atom stereocenters. The molecule has 3 N–H and O–H groups in total. The van der Waals surface area contributed by atoms with Crippen LogP contribution in [0.5, 0.6) is 5.75 Å². The predicted molar refractivity (Wildman–Crippen MR) is 77.1 cm³/mol. The summed E-state index contributed by atoms with van der Waals surface area (Å²) < 4.78 is 5.38. The molecule has 0 aliphatic rings. The summed E-state index contributed by atoms with van der Waals surface area (Å²) in [7, 11) is 0. The minimum atomic E-state index is -0.421. The van der Waals surface area contributed by atoms with Gasteiger partial charge in [-0.1, -0.05) is 25.5 Å². The number of ether oxygens (including phenoxy) is 1. The van der Waals surface area contributed by atoms with Crippen LogP contribution in [0.15, 0.2) is 24.3 Å². The molecule has 0 aromatic heterocycles. The summed E-state index contributed by atoms with van der Waals surface area (Å²) in [5.74, 6) is 0.746. The Labute approximate surface area is 115 Å². The van der Waals surface area contributed by atoms with E-state index >= 15 is 0 Å². The van der Waals surface area contributed by atoms with Crippen LogP contribution in [0.25, 0.3) is 0 Å². The Morgan fingerprint density at radius 2 is 1.95 bits per heavy atom. The molecular formula is C15H24N2O2. The van der Waals surface area contributed by atoms with Crippen LogP contribution in [-0.4, -0.2) is 18.6 Å². The number of nitrogens with one attached hydrogen (secondary N) is 1. The van der Waals surface area contributed by atoms with Gasteiger partial charge >= 0.3 is 0 Å². The van der Waals surface area contributed by atoms with Gasteiger partial charge in [-0.15, -0.1) is 0 Å². The molecule has 4 heteroatoms. The monoisotopic (exact) mass is 264 g/mol. The summed E-state index contributed by atoms with van der Waals surface area (Å²) in [4.78, 5) is 11.8. The van der Waals surface area contributed by atoms with E-state index in [2.05, 4.69) is 5.32 Å². The van der Waals surface area contributed by atoms with Crippen LogP contribution < -0.4 is 15.8 Å². The Kier molecular flexibility index (Phi) is 6.36. The van der Waals surface area contributed by atoms with Gasteiger partial charge in [0.15, 0.2) is 0 Å². The lowest BCUT2D eigenvalue weighted by Crippen LogP contribution is -2.41. The van der Waals surface area contributed by atoms with E-state index in [1.54, 1.807) is 0 Å². The van der Waals surface area contributed by atoms with Crippen molar-refractivity contribution in [2.24, 2.45) is 5.73 Å². The SMILES string of the molecule is CCC[C@H](N)C(=O)NC(C)c1ccc(OCC)cc1. The largest absolute Gasteiger partial charge is 0.494 e. The molecule has 19 heavy (non-hydrogen) atoms. The van der Waals surface area contributed by atoms with Gasteiger partial charge in [0.05, 0.1) is 18.7 Å². The third kappa shape index (κ3) is 4.91. The van der Waals surface area contributed by atoms with Gasteiger partial charge in [-0.2, -0.15) is 0 Å². The molecule has 0 aliphatic carbocycles. The maximum absolute atomic E-state index is 11.8. The normalized spacial score (nSPS) is 13.7. The second-order valence-corrected chi connectivity index (χ2v) is 4.63. The van der Waals surface area contributed by atoms with E-state index in [9.17, 15) is 4.79 Å². The van der Waals surface area contributed by atoms with Crippen LogP contribution in [-0.2, 0) is 4.79 Å². The molecule has 1 amide bonds. The molecule has 2 atom stereocenters. The van der Waals surface area contributed by atoms with E-state index in [0.29, 0.717) is 13.0 Å². The standard InChI is InChI=1S/C15H24N2O2/c1-4-6-14(16)15(18)17-11(3)12-7-9-13(10-8-12)19-5-2/h7-11,14H,4-6,16H2,1-3H3,(H,17,18)/t11?,14-/m0/s1. The van der Waals surface area contributed by atoms with Crippen LogP contribution in [0, 0.1) is 0 Å². The van der Waals surface area contributed by atoms with Crippen LogP contribution in [0.4, 0.5) is 0 Å². The number of rotatable bonds is 7. The van der Waals surface area contributed by atoms with Crippen LogP contribution in [0.3, 0.4) is 0 Å². The van der Waals surface area contributed by atoms with Gasteiger partial charge in [0.1, 0.15) is 5.75 Å². The number of benzene rings is 1. The third-order valence-electron chi connectivity index (χ3n) is 2.99. The lowest BCUT2D eigenvalue weighted by atomic mass is 10.1. The summed E-state index contributed by atoms with van der Waals surface area (Å²) in [5.41, 5.74) is 6.83. The van der Waals surface area contributed by atoms with Crippen molar-refractivity contribution in [3.63, 3.8) is 0 Å². The molecule has 0 saturated carbocycles. The van der Waals surface area contributed by atoms with Crippen molar-refractivity contribution in [2.75, 3.05) is 6.61 Å². The van der Waals surface area contributed by atoms with Gasteiger partial charge < -0.3 is 15.8 Å². The molecule has 0 fully saturated rings. The van der Waals surface area contributed by atoms with E-state index in [-0.39, 0.29) is 11.9 Å². The Bertz CT molecular complexity index is 390. The Hall–Kier alpha value is -1.55. The molecule has 0 radical (unpaired) electrons. The van der Waals surface area contributed by atoms with Gasteiger partial charge in [-0.3, -0.25) is 4.79 Å². The molecule has 4 nitrogen and oxygen atoms in total. The van der Waals surface area contributed by atoms with Crippen LogP contribution in [0.1, 0.15) is 45.2 Å². The van der Waals surface area contributed by atoms with E-state index in [0.717, 1.165) is 17.7 Å². The highest BCUT2D eigenvalue weighted by atomic mass is 16.5. The Balaban J connectivity index is 2.57. The highest BCUT2D eigenvalue weighted by Crippen LogP contribution is 2.17. The van der Waals surface area contributed by atoms with E-state index < -0.39 is 6.04 Å². The zero-order valence-electron chi connectivity index (χ0n) is 12.0. The summed E-state index contributed by atoms with van der Waals surface area (Å²) >= 11 is 0. The van der Waals surface area contributed by atoms with Crippen molar-refractivity contribution in [3.8, 4) is 5.75 Å². The lowest BCUT2D eigenvalue weighted by Gasteiger charge is -2.18. The smallest absolute Gasteiger partial charge is 0.237 e. The molecule has 1 aromatic rings. The van der Waals surface area contributed by atoms with E-state index in [4.69, 9.17) is 10.5 Å². The first-order chi connectivity index (χ1) is 9.08. The van der Waals surface area contributed by atoms with Gasteiger partial charge in [-0.05, 0) is 38.0 Å². The molecule has 106 valence electrons.